The maximum Gasteiger partial charge on any atom is 0.223 e. The molecule has 21 heavy (non-hydrogen) atoms. The van der Waals surface area contributed by atoms with E-state index in [1.165, 1.54) is 11.1 Å². The van der Waals surface area contributed by atoms with Gasteiger partial charge in [0.25, 0.3) is 0 Å². The number of likely N-dealkylation sites (tertiary alicyclic amines) is 1. The molecule has 0 N–H and O–H groups in total. The number of carbonyl (C=O) groups is 1. The maximum atomic E-state index is 12.3. The van der Waals surface area contributed by atoms with Crippen LogP contribution in [-0.4, -0.2) is 17.4 Å². The van der Waals surface area contributed by atoms with Crippen molar-refractivity contribution in [1.82, 2.24) is 4.90 Å². The Labute approximate surface area is 130 Å². The molecular formula is C18H18ClNO. The van der Waals surface area contributed by atoms with E-state index in [4.69, 9.17) is 11.6 Å². The van der Waals surface area contributed by atoms with Gasteiger partial charge < -0.3 is 4.90 Å². The highest BCUT2D eigenvalue weighted by molar-refractivity contribution is 6.30. The summed E-state index contributed by atoms with van der Waals surface area (Å²) in [6, 6.07) is 18.0. The van der Waals surface area contributed by atoms with Crippen molar-refractivity contribution in [1.29, 1.82) is 0 Å². The van der Waals surface area contributed by atoms with Crippen LogP contribution in [0.15, 0.2) is 54.6 Å². The molecule has 0 aromatic heterocycles. The van der Waals surface area contributed by atoms with E-state index in [0.29, 0.717) is 18.9 Å². The zero-order valence-electron chi connectivity index (χ0n) is 11.8. The SMILES string of the molecule is O=C1C[C@H](c2ccc(Cl)cc2)CCN1Cc1ccccc1. The molecule has 1 saturated heterocycles. The van der Waals surface area contributed by atoms with Crippen LogP contribution in [0.2, 0.25) is 5.02 Å². The minimum absolute atomic E-state index is 0.241. The molecule has 1 fully saturated rings. The van der Waals surface area contributed by atoms with E-state index in [1.54, 1.807) is 0 Å². The highest BCUT2D eigenvalue weighted by Crippen LogP contribution is 2.30. The first-order valence-corrected chi connectivity index (χ1v) is 7.67. The van der Waals surface area contributed by atoms with Crippen LogP contribution in [0.3, 0.4) is 0 Å². The lowest BCUT2D eigenvalue weighted by Crippen LogP contribution is -2.37. The second-order valence-corrected chi connectivity index (χ2v) is 5.98. The third kappa shape index (κ3) is 3.45. The third-order valence-corrected chi connectivity index (χ3v) is 4.33. The van der Waals surface area contributed by atoms with Crippen molar-refractivity contribution >= 4 is 17.5 Å². The number of hydrogen-bond acceptors (Lipinski definition) is 1. The molecule has 1 atom stereocenters. The fourth-order valence-electron chi connectivity index (χ4n) is 2.87. The molecule has 0 spiro atoms. The van der Waals surface area contributed by atoms with Gasteiger partial charge in [-0.15, -0.1) is 0 Å². The van der Waals surface area contributed by atoms with Crippen LogP contribution in [0, 0.1) is 0 Å². The molecule has 2 aromatic carbocycles. The Balaban J connectivity index is 1.64. The zero-order valence-corrected chi connectivity index (χ0v) is 12.6. The van der Waals surface area contributed by atoms with Crippen molar-refractivity contribution in [3.63, 3.8) is 0 Å². The first-order valence-electron chi connectivity index (χ1n) is 7.29. The number of hydrogen-bond donors (Lipinski definition) is 0. The Hall–Kier alpha value is -1.80. The summed E-state index contributed by atoms with van der Waals surface area (Å²) < 4.78 is 0. The predicted molar refractivity (Wildman–Crippen MR) is 85.3 cm³/mol. The smallest absolute Gasteiger partial charge is 0.223 e. The van der Waals surface area contributed by atoms with Crippen molar-refractivity contribution in [2.45, 2.75) is 25.3 Å². The number of benzene rings is 2. The molecule has 0 bridgehead atoms. The fraction of sp³-hybridized carbons (Fsp3) is 0.278. The van der Waals surface area contributed by atoms with Gasteiger partial charge in [0.2, 0.25) is 5.91 Å². The summed E-state index contributed by atoms with van der Waals surface area (Å²) in [6.45, 7) is 1.54. The van der Waals surface area contributed by atoms with E-state index in [-0.39, 0.29) is 5.91 Å². The predicted octanol–water partition coefficient (Wildman–Crippen LogP) is 4.25. The Kier molecular flexibility index (Phi) is 4.26. The van der Waals surface area contributed by atoms with Gasteiger partial charge in [0.1, 0.15) is 0 Å². The van der Waals surface area contributed by atoms with Crippen molar-refractivity contribution < 1.29 is 4.79 Å². The molecule has 2 nitrogen and oxygen atoms in total. The molecule has 3 heteroatoms. The van der Waals surface area contributed by atoms with Gasteiger partial charge in [-0.05, 0) is 35.6 Å². The Bertz CT molecular complexity index is 609. The molecule has 1 heterocycles. The number of halogens is 1. The zero-order chi connectivity index (χ0) is 14.7. The van der Waals surface area contributed by atoms with Gasteiger partial charge in [0.15, 0.2) is 0 Å². The summed E-state index contributed by atoms with van der Waals surface area (Å²) in [5.41, 5.74) is 2.41. The lowest BCUT2D eigenvalue weighted by atomic mass is 9.89. The van der Waals surface area contributed by atoms with Gasteiger partial charge >= 0.3 is 0 Å². The molecule has 0 saturated carbocycles. The Morgan fingerprint density at radius 2 is 1.76 bits per heavy atom. The van der Waals surface area contributed by atoms with E-state index in [1.807, 2.05) is 47.4 Å². The van der Waals surface area contributed by atoms with Crippen molar-refractivity contribution in [2.24, 2.45) is 0 Å². The molecule has 108 valence electrons. The number of carbonyl (C=O) groups excluding carboxylic acids is 1. The average Bonchev–Trinajstić information content (AvgIpc) is 2.51. The first kappa shape index (κ1) is 14.2. The molecule has 3 rings (SSSR count). The van der Waals surface area contributed by atoms with E-state index in [2.05, 4.69) is 12.1 Å². The van der Waals surface area contributed by atoms with E-state index >= 15 is 0 Å². The van der Waals surface area contributed by atoms with E-state index in [0.717, 1.165) is 18.0 Å². The molecule has 0 radical (unpaired) electrons. The summed E-state index contributed by atoms with van der Waals surface area (Å²) in [7, 11) is 0. The van der Waals surface area contributed by atoms with Crippen LogP contribution in [0.25, 0.3) is 0 Å². The fourth-order valence-corrected chi connectivity index (χ4v) is 2.99. The quantitative estimate of drug-likeness (QED) is 0.830. The van der Waals surface area contributed by atoms with Crippen molar-refractivity contribution in [3.8, 4) is 0 Å². The van der Waals surface area contributed by atoms with Gasteiger partial charge in [0.05, 0.1) is 0 Å². The number of nitrogens with zero attached hydrogens (tertiary/aromatic N) is 1. The van der Waals surface area contributed by atoms with Crippen LogP contribution in [-0.2, 0) is 11.3 Å². The second kappa shape index (κ2) is 6.31. The average molecular weight is 300 g/mol. The normalized spacial score (nSPS) is 18.8. The van der Waals surface area contributed by atoms with Crippen LogP contribution in [0.1, 0.15) is 29.9 Å². The van der Waals surface area contributed by atoms with Crippen molar-refractivity contribution in [3.05, 3.63) is 70.7 Å². The Morgan fingerprint density at radius 3 is 2.43 bits per heavy atom. The lowest BCUT2D eigenvalue weighted by Gasteiger charge is -2.32. The monoisotopic (exact) mass is 299 g/mol. The van der Waals surface area contributed by atoms with Gasteiger partial charge in [-0.25, -0.2) is 0 Å². The van der Waals surface area contributed by atoms with Crippen LogP contribution in [0.4, 0.5) is 0 Å². The number of rotatable bonds is 3. The topological polar surface area (TPSA) is 20.3 Å². The minimum Gasteiger partial charge on any atom is -0.338 e. The Morgan fingerprint density at radius 1 is 1.05 bits per heavy atom. The minimum atomic E-state index is 0.241. The highest BCUT2D eigenvalue weighted by Gasteiger charge is 2.26. The maximum absolute atomic E-state index is 12.3. The summed E-state index contributed by atoms with van der Waals surface area (Å²) in [6.07, 6.45) is 1.61. The highest BCUT2D eigenvalue weighted by atomic mass is 35.5. The van der Waals surface area contributed by atoms with Gasteiger partial charge in [-0.1, -0.05) is 54.1 Å². The van der Waals surface area contributed by atoms with Crippen LogP contribution in [0.5, 0.6) is 0 Å². The first-order chi connectivity index (χ1) is 10.2. The van der Waals surface area contributed by atoms with Crippen LogP contribution < -0.4 is 0 Å². The van der Waals surface area contributed by atoms with E-state index < -0.39 is 0 Å². The van der Waals surface area contributed by atoms with E-state index in [9.17, 15) is 4.79 Å². The molecular weight excluding hydrogens is 282 g/mol. The molecule has 1 aliphatic heterocycles. The largest absolute Gasteiger partial charge is 0.338 e. The van der Waals surface area contributed by atoms with Crippen molar-refractivity contribution in [2.75, 3.05) is 6.54 Å². The van der Waals surface area contributed by atoms with Gasteiger partial charge in [-0.3, -0.25) is 4.79 Å². The molecule has 0 unspecified atom stereocenters. The molecule has 2 aromatic rings. The van der Waals surface area contributed by atoms with Gasteiger partial charge in [-0.2, -0.15) is 0 Å². The standard InChI is InChI=1S/C18H18ClNO/c19-17-8-6-15(7-9-17)16-10-11-20(18(21)12-16)13-14-4-2-1-3-5-14/h1-9,16H,10-13H2/t16-/m1/s1. The lowest BCUT2D eigenvalue weighted by molar-refractivity contribution is -0.134. The number of amides is 1. The third-order valence-electron chi connectivity index (χ3n) is 4.08. The molecule has 1 amide bonds. The summed E-state index contributed by atoms with van der Waals surface area (Å²) in [5.74, 6) is 0.562. The molecule has 1 aliphatic rings. The summed E-state index contributed by atoms with van der Waals surface area (Å²) in [4.78, 5) is 14.3. The second-order valence-electron chi connectivity index (χ2n) is 5.54. The van der Waals surface area contributed by atoms with Gasteiger partial charge in [0, 0.05) is 24.5 Å². The molecule has 0 aliphatic carbocycles. The van der Waals surface area contributed by atoms with Crippen LogP contribution >= 0.6 is 11.6 Å². The summed E-state index contributed by atoms with van der Waals surface area (Å²) in [5, 5.41) is 0.742. The summed E-state index contributed by atoms with van der Waals surface area (Å²) >= 11 is 5.92. The number of piperidine rings is 1.